The highest BCUT2D eigenvalue weighted by Crippen LogP contribution is 2.20. The maximum atomic E-state index is 12.9. The van der Waals surface area contributed by atoms with Gasteiger partial charge >= 0.3 is 0 Å². The molecule has 0 saturated carbocycles. The molecule has 88 valence electrons. The number of imide groups is 1. The molecule has 0 bridgehead atoms. The first-order valence-electron chi connectivity index (χ1n) is 4.97. The van der Waals surface area contributed by atoms with Crippen molar-refractivity contribution >= 4 is 23.4 Å². The molecule has 1 heterocycles. The van der Waals surface area contributed by atoms with Crippen LogP contribution < -0.4 is 0 Å². The monoisotopic (exact) mass is 253 g/mol. The van der Waals surface area contributed by atoms with E-state index >= 15 is 0 Å². The Labute approximate surface area is 102 Å². The molecule has 5 heteroatoms. The van der Waals surface area contributed by atoms with E-state index in [0.29, 0.717) is 11.1 Å². The third kappa shape index (κ3) is 2.22. The Bertz CT molecular complexity index is 539. The van der Waals surface area contributed by atoms with Crippen molar-refractivity contribution in [3.8, 4) is 0 Å². The molecule has 0 saturated heterocycles. The van der Waals surface area contributed by atoms with E-state index in [9.17, 15) is 14.0 Å². The summed E-state index contributed by atoms with van der Waals surface area (Å²) in [4.78, 5) is 24.2. The van der Waals surface area contributed by atoms with Gasteiger partial charge in [0.2, 0.25) is 0 Å². The lowest BCUT2D eigenvalue weighted by atomic mass is 10.2. The van der Waals surface area contributed by atoms with Crippen LogP contribution in [-0.4, -0.2) is 16.7 Å². The molecule has 2 amide bonds. The van der Waals surface area contributed by atoms with Gasteiger partial charge in [-0.05, 0) is 24.6 Å². The van der Waals surface area contributed by atoms with Gasteiger partial charge in [-0.3, -0.25) is 14.5 Å². The van der Waals surface area contributed by atoms with Crippen molar-refractivity contribution in [2.24, 2.45) is 0 Å². The number of hydrogen-bond acceptors (Lipinski definition) is 2. The fourth-order valence-electron chi connectivity index (χ4n) is 1.61. The Kier molecular flexibility index (Phi) is 2.98. The Morgan fingerprint density at radius 3 is 2.59 bits per heavy atom. The third-order valence-electron chi connectivity index (χ3n) is 2.51. The van der Waals surface area contributed by atoms with E-state index < -0.39 is 5.82 Å². The van der Waals surface area contributed by atoms with Crippen LogP contribution in [0, 0.1) is 5.82 Å². The maximum Gasteiger partial charge on any atom is 0.256 e. The Hall–Kier alpha value is -1.68. The fraction of sp³-hybridized carbons (Fsp3) is 0.167. The predicted octanol–water partition coefficient (Wildman–Crippen LogP) is 2.29. The minimum absolute atomic E-state index is 0.0220. The number of carbonyl (C=O) groups is 2. The smallest absolute Gasteiger partial charge is 0.256 e. The Morgan fingerprint density at radius 1 is 1.35 bits per heavy atom. The van der Waals surface area contributed by atoms with E-state index in [2.05, 4.69) is 0 Å². The van der Waals surface area contributed by atoms with Gasteiger partial charge in [0.15, 0.2) is 0 Å². The number of nitrogens with zero attached hydrogens (tertiary/aromatic N) is 1. The van der Waals surface area contributed by atoms with E-state index in [1.165, 1.54) is 24.3 Å². The minimum atomic E-state index is -0.524. The summed E-state index contributed by atoms with van der Waals surface area (Å²) in [6.07, 6.45) is 1.29. The van der Waals surface area contributed by atoms with Crippen LogP contribution in [0.25, 0.3) is 0 Å². The highest BCUT2D eigenvalue weighted by molar-refractivity contribution is 6.30. The number of carbonyl (C=O) groups excluding carboxylic acids is 2. The average Bonchev–Trinajstić information content (AvgIpc) is 2.50. The van der Waals surface area contributed by atoms with Crippen LogP contribution in [-0.2, 0) is 16.1 Å². The highest BCUT2D eigenvalue weighted by Gasteiger charge is 2.28. The molecule has 1 aliphatic rings. The average molecular weight is 254 g/mol. The molecule has 1 aliphatic heterocycles. The van der Waals surface area contributed by atoms with E-state index in [-0.39, 0.29) is 23.4 Å². The zero-order chi connectivity index (χ0) is 12.6. The molecule has 0 fully saturated rings. The second-order valence-corrected chi connectivity index (χ2v) is 4.21. The van der Waals surface area contributed by atoms with Crippen molar-refractivity contribution in [1.82, 2.24) is 4.90 Å². The molecular formula is C12H9ClFNO2. The molecule has 0 aromatic heterocycles. The summed E-state index contributed by atoms with van der Waals surface area (Å²) in [5, 5.41) is -0.0220. The maximum absolute atomic E-state index is 12.9. The van der Waals surface area contributed by atoms with Gasteiger partial charge in [-0.15, -0.1) is 0 Å². The fourth-order valence-corrected chi connectivity index (χ4v) is 1.81. The molecule has 17 heavy (non-hydrogen) atoms. The Morgan fingerprint density at radius 2 is 2.06 bits per heavy atom. The zero-order valence-electron chi connectivity index (χ0n) is 9.04. The molecule has 3 nitrogen and oxygen atoms in total. The first-order valence-corrected chi connectivity index (χ1v) is 5.35. The minimum Gasteiger partial charge on any atom is -0.271 e. The highest BCUT2D eigenvalue weighted by atomic mass is 35.5. The van der Waals surface area contributed by atoms with Gasteiger partial charge in [-0.2, -0.15) is 0 Å². The van der Waals surface area contributed by atoms with Gasteiger partial charge in [0.25, 0.3) is 11.8 Å². The van der Waals surface area contributed by atoms with Crippen LogP contribution in [0.1, 0.15) is 12.5 Å². The SMILES string of the molecule is CC1=CC(=O)N(Cc2ccc(F)c(Cl)c2)C1=O. The van der Waals surface area contributed by atoms with E-state index in [0.717, 1.165) is 4.90 Å². The molecule has 1 aromatic carbocycles. The van der Waals surface area contributed by atoms with Gasteiger partial charge in [-0.1, -0.05) is 17.7 Å². The Balaban J connectivity index is 2.20. The van der Waals surface area contributed by atoms with Crippen molar-refractivity contribution in [3.05, 3.63) is 46.3 Å². The topological polar surface area (TPSA) is 37.4 Å². The molecule has 1 aromatic rings. The normalized spacial score (nSPS) is 15.5. The molecule has 0 radical (unpaired) electrons. The predicted molar refractivity (Wildman–Crippen MR) is 60.7 cm³/mol. The summed E-state index contributed by atoms with van der Waals surface area (Å²) in [7, 11) is 0. The van der Waals surface area contributed by atoms with Crippen LogP contribution >= 0.6 is 11.6 Å². The van der Waals surface area contributed by atoms with Crippen molar-refractivity contribution in [3.63, 3.8) is 0 Å². The quantitative estimate of drug-likeness (QED) is 0.759. The van der Waals surface area contributed by atoms with Crippen LogP contribution in [0.3, 0.4) is 0 Å². The van der Waals surface area contributed by atoms with E-state index in [4.69, 9.17) is 11.6 Å². The van der Waals surface area contributed by atoms with Gasteiger partial charge < -0.3 is 0 Å². The second-order valence-electron chi connectivity index (χ2n) is 3.81. The van der Waals surface area contributed by atoms with Gasteiger partial charge in [-0.25, -0.2) is 4.39 Å². The van der Waals surface area contributed by atoms with Crippen molar-refractivity contribution in [2.45, 2.75) is 13.5 Å². The molecule has 0 unspecified atom stereocenters. The summed E-state index contributed by atoms with van der Waals surface area (Å²) in [6, 6.07) is 4.11. The van der Waals surface area contributed by atoms with E-state index in [1.807, 2.05) is 0 Å². The molecule has 0 spiro atoms. The molecule has 0 atom stereocenters. The van der Waals surface area contributed by atoms with Crippen molar-refractivity contribution < 1.29 is 14.0 Å². The lowest BCUT2D eigenvalue weighted by Gasteiger charge is -2.14. The van der Waals surface area contributed by atoms with E-state index in [1.54, 1.807) is 6.92 Å². The summed E-state index contributed by atoms with van der Waals surface area (Å²) in [5.74, 6) is -1.20. The summed E-state index contributed by atoms with van der Waals surface area (Å²) >= 11 is 5.62. The zero-order valence-corrected chi connectivity index (χ0v) is 9.79. The number of benzene rings is 1. The lowest BCUT2D eigenvalue weighted by Crippen LogP contribution is -2.30. The summed E-state index contributed by atoms with van der Waals surface area (Å²) in [5.41, 5.74) is 1.02. The number of hydrogen-bond donors (Lipinski definition) is 0. The van der Waals surface area contributed by atoms with Crippen LogP contribution in [0.5, 0.6) is 0 Å². The standard InChI is InChI=1S/C12H9ClFNO2/c1-7-4-11(16)15(12(7)17)6-8-2-3-10(14)9(13)5-8/h2-5H,6H2,1H3. The van der Waals surface area contributed by atoms with Gasteiger partial charge in [0, 0.05) is 11.6 Å². The molecule has 0 N–H and O–H groups in total. The summed E-state index contributed by atoms with van der Waals surface area (Å²) < 4.78 is 12.9. The number of halogens is 2. The second kappa shape index (κ2) is 4.30. The largest absolute Gasteiger partial charge is 0.271 e. The first-order chi connectivity index (χ1) is 7.99. The molecule has 0 aliphatic carbocycles. The van der Waals surface area contributed by atoms with Gasteiger partial charge in [0.1, 0.15) is 5.82 Å². The lowest BCUT2D eigenvalue weighted by molar-refractivity contribution is -0.137. The number of amides is 2. The molecular weight excluding hydrogens is 245 g/mol. The van der Waals surface area contributed by atoms with Crippen molar-refractivity contribution in [2.75, 3.05) is 0 Å². The van der Waals surface area contributed by atoms with Gasteiger partial charge in [0.05, 0.1) is 11.6 Å². The van der Waals surface area contributed by atoms with Crippen molar-refractivity contribution in [1.29, 1.82) is 0 Å². The van der Waals surface area contributed by atoms with Crippen LogP contribution in [0.2, 0.25) is 5.02 Å². The molecule has 2 rings (SSSR count). The van der Waals surface area contributed by atoms with Crippen LogP contribution in [0.4, 0.5) is 4.39 Å². The summed E-state index contributed by atoms with van der Waals surface area (Å²) in [6.45, 7) is 1.68. The third-order valence-corrected chi connectivity index (χ3v) is 2.80. The van der Waals surface area contributed by atoms with Crippen LogP contribution in [0.15, 0.2) is 29.8 Å². The number of rotatable bonds is 2. The first kappa shape index (κ1) is 11.8.